The van der Waals surface area contributed by atoms with Crippen LogP contribution in [-0.4, -0.2) is 16.9 Å². The van der Waals surface area contributed by atoms with Crippen LogP contribution < -0.4 is 11.1 Å². The molecule has 0 aliphatic rings. The summed E-state index contributed by atoms with van der Waals surface area (Å²) in [5, 5.41) is 2.91. The topological polar surface area (TPSA) is 68.0 Å². The van der Waals surface area contributed by atoms with Gasteiger partial charge in [-0.25, -0.2) is 0 Å². The molecule has 0 aliphatic heterocycles. The van der Waals surface area contributed by atoms with E-state index in [2.05, 4.69) is 10.3 Å². The second-order valence-electron chi connectivity index (χ2n) is 5.35. The lowest BCUT2D eigenvalue weighted by atomic mass is 9.87. The Hall–Kier alpha value is -1.42. The van der Waals surface area contributed by atoms with Crippen molar-refractivity contribution in [1.82, 2.24) is 10.3 Å². The van der Waals surface area contributed by atoms with E-state index < -0.39 is 6.04 Å². The molecule has 0 saturated heterocycles. The number of pyridine rings is 1. The molecule has 0 spiro atoms. The van der Waals surface area contributed by atoms with Crippen LogP contribution in [0.15, 0.2) is 24.5 Å². The summed E-state index contributed by atoms with van der Waals surface area (Å²) in [5.41, 5.74) is 6.68. The Morgan fingerprint density at radius 1 is 1.35 bits per heavy atom. The minimum absolute atomic E-state index is 0.0566. The third-order valence-corrected chi connectivity index (χ3v) is 2.78. The molecule has 0 saturated carbocycles. The highest BCUT2D eigenvalue weighted by atomic mass is 16.2. The Morgan fingerprint density at radius 2 is 1.88 bits per heavy atom. The maximum atomic E-state index is 11.9. The van der Waals surface area contributed by atoms with Gasteiger partial charge in [-0.1, -0.05) is 20.8 Å². The number of aromatic nitrogens is 1. The van der Waals surface area contributed by atoms with Crippen LogP contribution in [0.25, 0.3) is 0 Å². The molecular formula is C13H21N3O. The van der Waals surface area contributed by atoms with Crippen LogP contribution in [0, 0.1) is 5.41 Å². The van der Waals surface area contributed by atoms with Crippen molar-refractivity contribution in [3.63, 3.8) is 0 Å². The number of nitrogens with zero attached hydrogens (tertiary/aromatic N) is 1. The van der Waals surface area contributed by atoms with Crippen molar-refractivity contribution >= 4 is 5.91 Å². The van der Waals surface area contributed by atoms with Crippen LogP contribution in [0.3, 0.4) is 0 Å². The van der Waals surface area contributed by atoms with E-state index in [9.17, 15) is 4.79 Å². The fourth-order valence-electron chi connectivity index (χ4n) is 1.43. The average Bonchev–Trinajstić information content (AvgIpc) is 2.27. The van der Waals surface area contributed by atoms with Gasteiger partial charge >= 0.3 is 0 Å². The first-order chi connectivity index (χ1) is 7.82. The molecule has 4 nitrogen and oxygen atoms in total. The van der Waals surface area contributed by atoms with Crippen LogP contribution in [0.2, 0.25) is 0 Å². The molecule has 0 radical (unpaired) electrons. The summed E-state index contributed by atoms with van der Waals surface area (Å²) in [4.78, 5) is 15.9. The summed E-state index contributed by atoms with van der Waals surface area (Å²) < 4.78 is 0. The van der Waals surface area contributed by atoms with Crippen molar-refractivity contribution in [3.8, 4) is 0 Å². The summed E-state index contributed by atoms with van der Waals surface area (Å²) in [7, 11) is 0. The fourth-order valence-corrected chi connectivity index (χ4v) is 1.43. The molecule has 0 aliphatic carbocycles. The number of rotatable bonds is 3. The van der Waals surface area contributed by atoms with Gasteiger partial charge in [-0.3, -0.25) is 9.78 Å². The van der Waals surface area contributed by atoms with Gasteiger partial charge in [0.25, 0.3) is 0 Å². The zero-order valence-electron chi connectivity index (χ0n) is 10.9. The van der Waals surface area contributed by atoms with Crippen molar-refractivity contribution in [3.05, 3.63) is 30.1 Å². The first-order valence-corrected chi connectivity index (χ1v) is 5.78. The molecule has 1 amide bonds. The molecule has 17 heavy (non-hydrogen) atoms. The van der Waals surface area contributed by atoms with Gasteiger partial charge in [0.15, 0.2) is 0 Å². The van der Waals surface area contributed by atoms with Gasteiger partial charge in [0.05, 0.1) is 12.1 Å². The summed E-state index contributed by atoms with van der Waals surface area (Å²) in [5.74, 6) is -0.123. The molecule has 0 aromatic carbocycles. The largest absolute Gasteiger partial charge is 0.348 e. The minimum Gasteiger partial charge on any atom is -0.348 e. The first-order valence-electron chi connectivity index (χ1n) is 5.78. The molecule has 1 aromatic rings. The van der Waals surface area contributed by atoms with E-state index in [0.29, 0.717) is 0 Å². The van der Waals surface area contributed by atoms with Crippen molar-refractivity contribution in [2.24, 2.45) is 11.1 Å². The van der Waals surface area contributed by atoms with Gasteiger partial charge in [-0.2, -0.15) is 0 Å². The number of nitrogens with two attached hydrogens (primary N) is 1. The van der Waals surface area contributed by atoms with Crippen molar-refractivity contribution in [1.29, 1.82) is 0 Å². The Balaban J connectivity index is 2.64. The lowest BCUT2D eigenvalue weighted by Crippen LogP contribution is -2.49. The van der Waals surface area contributed by atoms with Crippen molar-refractivity contribution < 1.29 is 4.79 Å². The molecule has 4 heteroatoms. The molecule has 1 rings (SSSR count). The third kappa shape index (κ3) is 3.82. The Morgan fingerprint density at radius 3 is 2.35 bits per heavy atom. The van der Waals surface area contributed by atoms with Crippen LogP contribution in [0.1, 0.15) is 39.3 Å². The summed E-state index contributed by atoms with van der Waals surface area (Å²) in [6.07, 6.45) is 3.42. The minimum atomic E-state index is -0.508. The van der Waals surface area contributed by atoms with Gasteiger partial charge in [0.2, 0.25) is 5.91 Å². The Labute approximate surface area is 103 Å². The summed E-state index contributed by atoms with van der Waals surface area (Å²) >= 11 is 0. The molecule has 0 bridgehead atoms. The SMILES string of the molecule is C[C@H](NC(=O)[C@H](N)C(C)(C)C)c1ccncc1. The van der Waals surface area contributed by atoms with E-state index in [0.717, 1.165) is 5.56 Å². The van der Waals surface area contributed by atoms with Gasteiger partial charge < -0.3 is 11.1 Å². The van der Waals surface area contributed by atoms with Crippen molar-refractivity contribution in [2.75, 3.05) is 0 Å². The Bertz CT molecular complexity index is 370. The number of hydrogen-bond donors (Lipinski definition) is 2. The van der Waals surface area contributed by atoms with E-state index in [-0.39, 0.29) is 17.4 Å². The lowest BCUT2D eigenvalue weighted by Gasteiger charge is -2.27. The van der Waals surface area contributed by atoms with Crippen LogP contribution in [0.4, 0.5) is 0 Å². The molecule has 0 fully saturated rings. The molecule has 94 valence electrons. The molecule has 1 heterocycles. The van der Waals surface area contributed by atoms with Crippen LogP contribution in [-0.2, 0) is 4.79 Å². The fraction of sp³-hybridized carbons (Fsp3) is 0.538. The lowest BCUT2D eigenvalue weighted by molar-refractivity contribution is -0.125. The van der Waals surface area contributed by atoms with E-state index in [1.807, 2.05) is 39.8 Å². The number of carbonyl (C=O) groups is 1. The smallest absolute Gasteiger partial charge is 0.237 e. The molecule has 2 atom stereocenters. The van der Waals surface area contributed by atoms with E-state index in [1.165, 1.54) is 0 Å². The monoisotopic (exact) mass is 235 g/mol. The van der Waals surface area contributed by atoms with Gasteiger partial charge in [-0.05, 0) is 30.0 Å². The average molecular weight is 235 g/mol. The molecule has 3 N–H and O–H groups in total. The number of hydrogen-bond acceptors (Lipinski definition) is 3. The molecular weight excluding hydrogens is 214 g/mol. The third-order valence-electron chi connectivity index (χ3n) is 2.78. The normalized spacial score (nSPS) is 15.1. The molecule has 0 unspecified atom stereocenters. The standard InChI is InChI=1S/C13H21N3O/c1-9(10-5-7-15-8-6-10)16-12(17)11(14)13(2,3)4/h5-9,11H,14H2,1-4H3,(H,16,17)/t9-,11-/m0/s1. The maximum absolute atomic E-state index is 11.9. The zero-order valence-corrected chi connectivity index (χ0v) is 10.9. The summed E-state index contributed by atoms with van der Waals surface area (Å²) in [6, 6.07) is 3.20. The first kappa shape index (κ1) is 13.6. The van der Waals surface area contributed by atoms with E-state index in [1.54, 1.807) is 12.4 Å². The van der Waals surface area contributed by atoms with Gasteiger partial charge in [-0.15, -0.1) is 0 Å². The van der Waals surface area contributed by atoms with Crippen molar-refractivity contribution in [2.45, 2.75) is 39.8 Å². The second-order valence-corrected chi connectivity index (χ2v) is 5.35. The highest BCUT2D eigenvalue weighted by Crippen LogP contribution is 2.18. The Kier molecular flexibility index (Phi) is 4.23. The second kappa shape index (κ2) is 5.27. The summed E-state index contributed by atoms with van der Waals surface area (Å²) in [6.45, 7) is 7.79. The highest BCUT2D eigenvalue weighted by molar-refractivity contribution is 5.82. The van der Waals surface area contributed by atoms with Gasteiger partial charge in [0, 0.05) is 12.4 Å². The highest BCUT2D eigenvalue weighted by Gasteiger charge is 2.28. The van der Waals surface area contributed by atoms with E-state index >= 15 is 0 Å². The quantitative estimate of drug-likeness (QED) is 0.836. The van der Waals surface area contributed by atoms with Gasteiger partial charge in [0.1, 0.15) is 0 Å². The van der Waals surface area contributed by atoms with Crippen LogP contribution in [0.5, 0.6) is 0 Å². The number of amides is 1. The molecule has 1 aromatic heterocycles. The predicted molar refractivity (Wildman–Crippen MR) is 68.2 cm³/mol. The predicted octanol–water partition coefficient (Wildman–Crippen LogP) is 1.63. The number of nitrogens with one attached hydrogen (secondary N) is 1. The van der Waals surface area contributed by atoms with Crippen LogP contribution >= 0.6 is 0 Å². The maximum Gasteiger partial charge on any atom is 0.237 e. The van der Waals surface area contributed by atoms with E-state index in [4.69, 9.17) is 5.73 Å². The number of carbonyl (C=O) groups excluding carboxylic acids is 1. The zero-order chi connectivity index (χ0) is 13.1.